The van der Waals surface area contributed by atoms with Crippen LogP contribution in [-0.2, 0) is 0 Å². The maximum absolute atomic E-state index is 11.5. The summed E-state index contributed by atoms with van der Waals surface area (Å²) >= 11 is 7.67. The molecule has 2 aromatic rings. The van der Waals surface area contributed by atoms with E-state index in [1.807, 2.05) is 0 Å². The van der Waals surface area contributed by atoms with E-state index in [1.54, 1.807) is 25.3 Å². The summed E-state index contributed by atoms with van der Waals surface area (Å²) in [4.78, 5) is 0.331. The Hall–Kier alpha value is -1.28. The average molecular weight is 379 g/mol. The first-order valence-corrected chi connectivity index (χ1v) is 6.34. The summed E-state index contributed by atoms with van der Waals surface area (Å²) in [5.74, 6) is 1.24. The molecule has 94 valence electrons. The van der Waals surface area contributed by atoms with Gasteiger partial charge in [0.1, 0.15) is 5.75 Å². The fourth-order valence-corrected chi connectivity index (χ4v) is 2.11. The molecule has 0 saturated carbocycles. The molecule has 18 heavy (non-hydrogen) atoms. The van der Waals surface area contributed by atoms with Crippen LogP contribution in [0.2, 0.25) is 5.15 Å². The van der Waals surface area contributed by atoms with Crippen LogP contribution in [0, 0.1) is 8.78 Å². The molecule has 1 aromatic heterocycles. The number of aromatic nitrogens is 2. The molecule has 0 spiro atoms. The highest BCUT2D eigenvalue weighted by Crippen LogP contribution is 2.31. The first kappa shape index (κ1) is 13.2. The summed E-state index contributed by atoms with van der Waals surface area (Å²) in [5, 5.41) is 15.1. The molecule has 0 radical (unpaired) electrons. The topological polar surface area (TPSA) is 58.3 Å². The summed E-state index contributed by atoms with van der Waals surface area (Å²) < 4.78 is 11.4. The van der Waals surface area contributed by atoms with Crippen molar-refractivity contribution in [3.8, 4) is 17.4 Å². The van der Waals surface area contributed by atoms with Crippen LogP contribution >= 0.6 is 34.2 Å². The van der Waals surface area contributed by atoms with Gasteiger partial charge in [-0.1, -0.05) is 17.7 Å². The van der Waals surface area contributed by atoms with Crippen molar-refractivity contribution in [2.24, 2.45) is 0 Å². The van der Waals surface area contributed by atoms with Crippen LogP contribution in [-0.4, -0.2) is 12.2 Å². The average Bonchev–Trinajstić information content (AvgIpc) is 2.35. The number of rotatable bonds is 3. The zero-order valence-electron chi connectivity index (χ0n) is 9.26. The van der Waals surface area contributed by atoms with E-state index in [-0.39, 0.29) is 11.0 Å². The van der Waals surface area contributed by atoms with Gasteiger partial charge in [0.2, 0.25) is 0 Å². The highest BCUT2D eigenvalue weighted by Gasteiger charge is 2.14. The Morgan fingerprint density at radius 2 is 2.00 bits per heavy atom. The monoisotopic (exact) mass is 378 g/mol. The third-order valence-corrected chi connectivity index (χ3v) is 3.37. The van der Waals surface area contributed by atoms with Crippen molar-refractivity contribution < 1.29 is 14.3 Å². The molecule has 0 unspecified atom stereocenters. The highest BCUT2D eigenvalue weighted by molar-refractivity contribution is 14.1. The summed E-state index contributed by atoms with van der Waals surface area (Å²) in [6, 6.07) is 8.25. The molecule has 1 heterocycles. The van der Waals surface area contributed by atoms with E-state index in [9.17, 15) is 5.21 Å². The van der Waals surface area contributed by atoms with E-state index in [2.05, 4.69) is 27.7 Å². The van der Waals surface area contributed by atoms with Crippen LogP contribution in [0.1, 0.15) is 0 Å². The van der Waals surface area contributed by atoms with Gasteiger partial charge in [-0.05, 0) is 45.6 Å². The van der Waals surface area contributed by atoms with Crippen molar-refractivity contribution >= 4 is 34.2 Å². The molecule has 0 N–H and O–H groups in total. The van der Waals surface area contributed by atoms with Crippen molar-refractivity contribution in [1.82, 2.24) is 5.10 Å². The van der Waals surface area contributed by atoms with E-state index < -0.39 is 0 Å². The minimum atomic E-state index is 0.0468. The molecule has 2 rings (SSSR count). The lowest BCUT2D eigenvalue weighted by atomic mass is 10.3. The lowest BCUT2D eigenvalue weighted by molar-refractivity contribution is -0.673. The minimum Gasteiger partial charge on any atom is -0.591 e. The van der Waals surface area contributed by atoms with Gasteiger partial charge in [-0.2, -0.15) is 0 Å². The van der Waals surface area contributed by atoms with Gasteiger partial charge in [-0.15, -0.1) is 0 Å². The fourth-order valence-electron chi connectivity index (χ4n) is 1.29. The molecule has 0 fully saturated rings. The predicted molar refractivity (Wildman–Crippen MR) is 74.0 cm³/mol. The molecule has 5 nitrogen and oxygen atoms in total. The van der Waals surface area contributed by atoms with Crippen molar-refractivity contribution in [3.63, 3.8) is 0 Å². The van der Waals surface area contributed by atoms with E-state index in [0.29, 0.717) is 16.3 Å². The van der Waals surface area contributed by atoms with Crippen LogP contribution in [0.4, 0.5) is 0 Å². The number of methoxy groups -OCH3 is 1. The van der Waals surface area contributed by atoms with Gasteiger partial charge in [0.25, 0.3) is 0 Å². The molecule has 0 aliphatic heterocycles. The summed E-state index contributed by atoms with van der Waals surface area (Å²) in [7, 11) is 1.57. The van der Waals surface area contributed by atoms with Crippen LogP contribution < -0.4 is 14.3 Å². The van der Waals surface area contributed by atoms with Gasteiger partial charge in [-0.25, -0.2) is 0 Å². The largest absolute Gasteiger partial charge is 0.591 e. The molecule has 0 amide bonds. The second kappa shape index (κ2) is 5.57. The molecule has 1 aromatic carbocycles. The molecular weight excluding hydrogens is 370 g/mol. The number of hydrogen-bond acceptors (Lipinski definition) is 4. The molecule has 0 bridgehead atoms. The zero-order chi connectivity index (χ0) is 13.1. The summed E-state index contributed by atoms with van der Waals surface area (Å²) in [6.45, 7) is 0. The third kappa shape index (κ3) is 2.75. The molecular formula is C11H8ClIN2O3. The molecule has 0 atom stereocenters. The lowest BCUT2D eigenvalue weighted by Gasteiger charge is -2.08. The number of nitrogens with zero attached hydrogens (tertiary/aromatic N) is 2. The number of ether oxygens (including phenoxy) is 2. The smallest absolute Gasteiger partial charge is 0.411 e. The van der Waals surface area contributed by atoms with Gasteiger partial charge in [0, 0.05) is 5.10 Å². The quantitative estimate of drug-likeness (QED) is 0.468. The SMILES string of the molecule is COc1cccc(Oc2ccc(Cl)n[n+]2[O-])c1I. The Kier molecular flexibility index (Phi) is 4.07. The molecule has 0 aliphatic carbocycles. The Balaban J connectivity index is 2.34. The van der Waals surface area contributed by atoms with Crippen molar-refractivity contribution in [1.29, 1.82) is 0 Å². The Morgan fingerprint density at radius 1 is 1.28 bits per heavy atom. The van der Waals surface area contributed by atoms with E-state index >= 15 is 0 Å². The Labute approximate surface area is 122 Å². The molecule has 7 heteroatoms. The normalized spacial score (nSPS) is 10.2. The van der Waals surface area contributed by atoms with E-state index in [4.69, 9.17) is 21.1 Å². The predicted octanol–water partition coefficient (Wildman–Crippen LogP) is 2.77. The van der Waals surface area contributed by atoms with E-state index in [0.717, 1.165) is 3.57 Å². The Morgan fingerprint density at radius 3 is 2.67 bits per heavy atom. The fraction of sp³-hybridized carbons (Fsp3) is 0.0909. The number of halogens is 2. The van der Waals surface area contributed by atoms with Crippen LogP contribution in [0.15, 0.2) is 30.3 Å². The second-order valence-electron chi connectivity index (χ2n) is 3.24. The van der Waals surface area contributed by atoms with Gasteiger partial charge in [-0.3, -0.25) is 0 Å². The molecule has 0 aliphatic rings. The van der Waals surface area contributed by atoms with Gasteiger partial charge >= 0.3 is 5.88 Å². The van der Waals surface area contributed by atoms with E-state index in [1.165, 1.54) is 12.1 Å². The van der Waals surface area contributed by atoms with Crippen LogP contribution in [0.5, 0.6) is 17.4 Å². The lowest BCUT2D eigenvalue weighted by Crippen LogP contribution is -2.32. The van der Waals surface area contributed by atoms with Gasteiger partial charge in [0.05, 0.1) is 16.7 Å². The first-order valence-electron chi connectivity index (χ1n) is 4.88. The minimum absolute atomic E-state index is 0.0468. The van der Waals surface area contributed by atoms with Crippen LogP contribution in [0.25, 0.3) is 0 Å². The zero-order valence-corrected chi connectivity index (χ0v) is 12.2. The molecule has 0 saturated heterocycles. The number of hydrogen-bond donors (Lipinski definition) is 0. The maximum atomic E-state index is 11.5. The number of benzene rings is 1. The standard InChI is InChI=1S/C11H8ClIN2O3/c1-17-7-3-2-4-8(11(7)13)18-10-6-5-9(12)14-15(10)16/h2-6H,1H3. The Bertz CT molecular complexity index is 580. The van der Waals surface area contributed by atoms with Crippen LogP contribution in [0.3, 0.4) is 0 Å². The van der Waals surface area contributed by atoms with Gasteiger partial charge in [0.15, 0.2) is 10.9 Å². The summed E-state index contributed by atoms with van der Waals surface area (Å²) in [5.41, 5.74) is 0. The van der Waals surface area contributed by atoms with Crippen molar-refractivity contribution in [3.05, 3.63) is 44.3 Å². The van der Waals surface area contributed by atoms with Crippen molar-refractivity contribution in [2.75, 3.05) is 7.11 Å². The maximum Gasteiger partial charge on any atom is 0.411 e. The third-order valence-electron chi connectivity index (χ3n) is 2.10. The first-order chi connectivity index (χ1) is 8.61. The van der Waals surface area contributed by atoms with Gasteiger partial charge < -0.3 is 14.7 Å². The second-order valence-corrected chi connectivity index (χ2v) is 4.71. The van der Waals surface area contributed by atoms with Crippen molar-refractivity contribution in [2.45, 2.75) is 0 Å². The summed E-state index contributed by atoms with van der Waals surface area (Å²) in [6.07, 6.45) is 0. The highest BCUT2D eigenvalue weighted by atomic mass is 127.